The fourth-order valence-corrected chi connectivity index (χ4v) is 2.82. The third kappa shape index (κ3) is 5.61. The number of aryl methyl sites for hydroxylation is 2. The standard InChI is InChI=1S/C21H28N2O2/c1-5-23(6-2)11-12-25-20-10-8-7-9-19(20)22-21(24)18-14-16(3)13-17(4)15-18/h7-10,13-15H,5-6,11-12H2,1-4H3,(H,22,24). The van der Waals surface area contributed by atoms with Gasteiger partial charge in [0.1, 0.15) is 12.4 Å². The molecule has 0 aliphatic rings. The van der Waals surface area contributed by atoms with Gasteiger partial charge in [-0.05, 0) is 51.2 Å². The van der Waals surface area contributed by atoms with Crippen molar-refractivity contribution in [3.8, 4) is 5.75 Å². The van der Waals surface area contributed by atoms with E-state index in [-0.39, 0.29) is 5.91 Å². The summed E-state index contributed by atoms with van der Waals surface area (Å²) in [4.78, 5) is 14.9. The van der Waals surface area contributed by atoms with Gasteiger partial charge in [0.25, 0.3) is 5.91 Å². The summed E-state index contributed by atoms with van der Waals surface area (Å²) in [5, 5.41) is 2.97. The van der Waals surface area contributed by atoms with Crippen molar-refractivity contribution in [1.29, 1.82) is 0 Å². The summed E-state index contributed by atoms with van der Waals surface area (Å²) in [5.74, 6) is 0.582. The van der Waals surface area contributed by atoms with Crippen LogP contribution in [0.5, 0.6) is 5.75 Å². The van der Waals surface area contributed by atoms with Gasteiger partial charge in [0.05, 0.1) is 5.69 Å². The number of likely N-dealkylation sites (N-methyl/N-ethyl adjacent to an activating group) is 1. The molecule has 0 fully saturated rings. The minimum absolute atomic E-state index is 0.119. The number of carbonyl (C=O) groups excluding carboxylic acids is 1. The summed E-state index contributed by atoms with van der Waals surface area (Å²) in [5.41, 5.74) is 3.52. The number of nitrogens with one attached hydrogen (secondary N) is 1. The Kier molecular flexibility index (Phi) is 7.02. The molecule has 1 amide bonds. The fourth-order valence-electron chi connectivity index (χ4n) is 2.82. The van der Waals surface area contributed by atoms with E-state index in [1.165, 1.54) is 0 Å². The molecule has 0 saturated carbocycles. The van der Waals surface area contributed by atoms with Crippen LogP contribution in [0.4, 0.5) is 5.69 Å². The van der Waals surface area contributed by atoms with Crippen LogP contribution in [0.1, 0.15) is 35.3 Å². The SMILES string of the molecule is CCN(CC)CCOc1ccccc1NC(=O)c1cc(C)cc(C)c1. The van der Waals surface area contributed by atoms with Crippen molar-refractivity contribution >= 4 is 11.6 Å². The molecule has 0 bridgehead atoms. The molecule has 0 saturated heterocycles. The predicted octanol–water partition coefficient (Wildman–Crippen LogP) is 4.28. The van der Waals surface area contributed by atoms with Crippen LogP contribution in [-0.2, 0) is 0 Å². The fraction of sp³-hybridized carbons (Fsp3) is 0.381. The number of anilines is 1. The van der Waals surface area contributed by atoms with Crippen LogP contribution in [0.15, 0.2) is 42.5 Å². The van der Waals surface area contributed by atoms with Crippen LogP contribution >= 0.6 is 0 Å². The van der Waals surface area contributed by atoms with Gasteiger partial charge in [-0.2, -0.15) is 0 Å². The smallest absolute Gasteiger partial charge is 0.255 e. The normalized spacial score (nSPS) is 10.8. The summed E-state index contributed by atoms with van der Waals surface area (Å²) in [6.07, 6.45) is 0. The first-order valence-corrected chi connectivity index (χ1v) is 8.87. The maximum absolute atomic E-state index is 12.6. The minimum Gasteiger partial charge on any atom is -0.490 e. The Morgan fingerprint density at radius 3 is 2.32 bits per heavy atom. The van der Waals surface area contributed by atoms with Gasteiger partial charge in [-0.25, -0.2) is 0 Å². The van der Waals surface area contributed by atoms with E-state index >= 15 is 0 Å². The van der Waals surface area contributed by atoms with Crippen molar-refractivity contribution in [3.63, 3.8) is 0 Å². The van der Waals surface area contributed by atoms with Crippen LogP contribution in [-0.4, -0.2) is 37.0 Å². The molecule has 0 radical (unpaired) electrons. The second-order valence-corrected chi connectivity index (χ2v) is 6.20. The van der Waals surface area contributed by atoms with Gasteiger partial charge in [-0.15, -0.1) is 0 Å². The molecule has 0 aliphatic heterocycles. The molecule has 0 spiro atoms. The summed E-state index contributed by atoms with van der Waals surface area (Å²) >= 11 is 0. The molecule has 0 aliphatic carbocycles. The Morgan fingerprint density at radius 2 is 1.68 bits per heavy atom. The monoisotopic (exact) mass is 340 g/mol. The third-order valence-electron chi connectivity index (χ3n) is 4.18. The van der Waals surface area contributed by atoms with E-state index in [0.29, 0.717) is 23.6 Å². The summed E-state index contributed by atoms with van der Waals surface area (Å²) in [7, 11) is 0. The lowest BCUT2D eigenvalue weighted by Gasteiger charge is -2.19. The molecule has 1 N–H and O–H groups in total. The van der Waals surface area contributed by atoms with E-state index in [0.717, 1.165) is 30.8 Å². The second kappa shape index (κ2) is 9.23. The molecule has 0 heterocycles. The number of hydrogen-bond donors (Lipinski definition) is 1. The molecular weight excluding hydrogens is 312 g/mol. The van der Waals surface area contributed by atoms with E-state index in [2.05, 4.69) is 30.1 Å². The van der Waals surface area contributed by atoms with Gasteiger partial charge in [0.2, 0.25) is 0 Å². The van der Waals surface area contributed by atoms with Crippen molar-refractivity contribution in [3.05, 3.63) is 59.2 Å². The molecule has 2 rings (SSSR count). The van der Waals surface area contributed by atoms with Crippen molar-refractivity contribution in [2.75, 3.05) is 31.6 Å². The van der Waals surface area contributed by atoms with Gasteiger partial charge >= 0.3 is 0 Å². The third-order valence-corrected chi connectivity index (χ3v) is 4.18. The van der Waals surface area contributed by atoms with Crippen LogP contribution in [0.25, 0.3) is 0 Å². The molecular formula is C21H28N2O2. The second-order valence-electron chi connectivity index (χ2n) is 6.20. The lowest BCUT2D eigenvalue weighted by molar-refractivity contribution is 0.102. The average Bonchev–Trinajstić information content (AvgIpc) is 2.59. The highest BCUT2D eigenvalue weighted by Gasteiger charge is 2.11. The average molecular weight is 340 g/mol. The lowest BCUT2D eigenvalue weighted by atomic mass is 10.1. The highest BCUT2D eigenvalue weighted by atomic mass is 16.5. The predicted molar refractivity (Wildman–Crippen MR) is 104 cm³/mol. The largest absolute Gasteiger partial charge is 0.490 e. The maximum Gasteiger partial charge on any atom is 0.255 e. The molecule has 2 aromatic rings. The number of hydrogen-bond acceptors (Lipinski definition) is 3. The number of ether oxygens (including phenoxy) is 1. The zero-order valence-electron chi connectivity index (χ0n) is 15.6. The molecule has 134 valence electrons. The van der Waals surface area contributed by atoms with E-state index in [9.17, 15) is 4.79 Å². The van der Waals surface area contributed by atoms with Gasteiger partial charge < -0.3 is 15.0 Å². The van der Waals surface area contributed by atoms with Gasteiger partial charge in [-0.3, -0.25) is 4.79 Å². The Hall–Kier alpha value is -2.33. The van der Waals surface area contributed by atoms with Crippen molar-refractivity contribution in [2.24, 2.45) is 0 Å². The maximum atomic E-state index is 12.6. The Balaban J connectivity index is 2.05. The number of nitrogens with zero attached hydrogens (tertiary/aromatic N) is 1. The highest BCUT2D eigenvalue weighted by Crippen LogP contribution is 2.24. The van der Waals surface area contributed by atoms with Crippen LogP contribution in [0, 0.1) is 13.8 Å². The first kappa shape index (κ1) is 19.0. The van der Waals surface area contributed by atoms with Gasteiger partial charge in [0.15, 0.2) is 0 Å². The quantitative estimate of drug-likeness (QED) is 0.780. The summed E-state index contributed by atoms with van der Waals surface area (Å²) < 4.78 is 5.90. The zero-order valence-corrected chi connectivity index (χ0v) is 15.6. The summed E-state index contributed by atoms with van der Waals surface area (Å²) in [6.45, 7) is 11.7. The van der Waals surface area contributed by atoms with Crippen LogP contribution in [0.3, 0.4) is 0 Å². The summed E-state index contributed by atoms with van der Waals surface area (Å²) in [6, 6.07) is 13.4. The van der Waals surface area contributed by atoms with E-state index in [1.807, 2.05) is 50.2 Å². The lowest BCUT2D eigenvalue weighted by Crippen LogP contribution is -2.28. The number of benzene rings is 2. The first-order valence-electron chi connectivity index (χ1n) is 8.87. The molecule has 0 atom stereocenters. The van der Waals surface area contributed by atoms with Gasteiger partial charge in [-0.1, -0.05) is 43.2 Å². The van der Waals surface area contributed by atoms with E-state index in [1.54, 1.807) is 0 Å². The first-order chi connectivity index (χ1) is 12.0. The number of rotatable bonds is 8. The van der Waals surface area contributed by atoms with Crippen molar-refractivity contribution < 1.29 is 9.53 Å². The minimum atomic E-state index is -0.119. The molecule has 4 heteroatoms. The number of amides is 1. The number of carbonyl (C=O) groups is 1. The molecule has 25 heavy (non-hydrogen) atoms. The van der Waals surface area contributed by atoms with E-state index in [4.69, 9.17) is 4.74 Å². The molecule has 0 unspecified atom stereocenters. The Bertz CT molecular complexity index is 689. The van der Waals surface area contributed by atoms with Crippen LogP contribution in [0.2, 0.25) is 0 Å². The number of para-hydroxylation sites is 2. The van der Waals surface area contributed by atoms with E-state index < -0.39 is 0 Å². The molecule has 4 nitrogen and oxygen atoms in total. The molecule has 2 aromatic carbocycles. The highest BCUT2D eigenvalue weighted by molar-refractivity contribution is 6.05. The zero-order chi connectivity index (χ0) is 18.2. The molecule has 0 aromatic heterocycles. The van der Waals surface area contributed by atoms with Gasteiger partial charge in [0, 0.05) is 12.1 Å². The van der Waals surface area contributed by atoms with Crippen molar-refractivity contribution in [2.45, 2.75) is 27.7 Å². The van der Waals surface area contributed by atoms with Crippen molar-refractivity contribution in [1.82, 2.24) is 4.90 Å². The van der Waals surface area contributed by atoms with Crippen LogP contribution < -0.4 is 10.1 Å². The Labute approximate surface area is 150 Å². The topological polar surface area (TPSA) is 41.6 Å². The Morgan fingerprint density at radius 1 is 1.04 bits per heavy atom.